The van der Waals surface area contributed by atoms with Gasteiger partial charge in [0.2, 0.25) is 0 Å². The smallest absolute Gasteiger partial charge is 0.306 e. The first kappa shape index (κ1) is 51.6. The molecule has 0 bridgehead atoms. The van der Waals surface area contributed by atoms with Crippen molar-refractivity contribution in [3.63, 3.8) is 0 Å². The molecular formula is C49H86O5. The summed E-state index contributed by atoms with van der Waals surface area (Å²) < 4.78 is 17.2. The fourth-order valence-corrected chi connectivity index (χ4v) is 6.14. The van der Waals surface area contributed by atoms with Gasteiger partial charge in [0.25, 0.3) is 0 Å². The Kier molecular flexibility index (Phi) is 43.0. The lowest BCUT2D eigenvalue weighted by Gasteiger charge is -2.18. The van der Waals surface area contributed by atoms with Crippen molar-refractivity contribution in [1.82, 2.24) is 0 Å². The molecule has 0 aliphatic rings. The molecule has 0 amide bonds. The van der Waals surface area contributed by atoms with Crippen LogP contribution < -0.4 is 0 Å². The third-order valence-corrected chi connectivity index (χ3v) is 9.54. The van der Waals surface area contributed by atoms with E-state index in [0.717, 1.165) is 77.0 Å². The molecule has 0 N–H and O–H groups in total. The quantitative estimate of drug-likeness (QED) is 0.0353. The SMILES string of the molecule is CC/C=C\C/C=C\C/C=C\C/C=C\CCCOCC(COC(=O)CCCCCCCCCCCCCCC)OC(=O)CCCCCCC/C=C\CCCC. The van der Waals surface area contributed by atoms with Gasteiger partial charge in [0.1, 0.15) is 6.61 Å². The van der Waals surface area contributed by atoms with E-state index in [0.29, 0.717) is 19.4 Å². The van der Waals surface area contributed by atoms with Crippen LogP contribution in [0.5, 0.6) is 0 Å². The largest absolute Gasteiger partial charge is 0.462 e. The van der Waals surface area contributed by atoms with Crippen LogP contribution in [0.2, 0.25) is 0 Å². The summed E-state index contributed by atoms with van der Waals surface area (Å²) in [4.78, 5) is 25.2. The van der Waals surface area contributed by atoms with Crippen LogP contribution in [0, 0.1) is 0 Å². The first-order chi connectivity index (χ1) is 26.6. The molecule has 312 valence electrons. The Balaban J connectivity index is 4.34. The highest BCUT2D eigenvalue weighted by molar-refractivity contribution is 5.70. The Bertz CT molecular complexity index is 946. The summed E-state index contributed by atoms with van der Waals surface area (Å²) in [5.74, 6) is -0.437. The Morgan fingerprint density at radius 3 is 1.41 bits per heavy atom. The zero-order valence-electron chi connectivity index (χ0n) is 35.7. The normalized spacial score (nSPS) is 12.7. The highest BCUT2D eigenvalue weighted by Crippen LogP contribution is 2.14. The molecule has 0 aliphatic heterocycles. The lowest BCUT2D eigenvalue weighted by molar-refractivity contribution is -0.163. The molecule has 1 atom stereocenters. The van der Waals surface area contributed by atoms with E-state index < -0.39 is 6.10 Å². The van der Waals surface area contributed by atoms with E-state index in [-0.39, 0.29) is 25.2 Å². The number of unbranched alkanes of at least 4 members (excludes halogenated alkanes) is 20. The number of hydrogen-bond acceptors (Lipinski definition) is 5. The molecule has 54 heavy (non-hydrogen) atoms. The average Bonchev–Trinajstić information content (AvgIpc) is 3.17. The number of carbonyl (C=O) groups excluding carboxylic acids is 2. The second kappa shape index (κ2) is 45.0. The molecule has 0 spiro atoms. The molecule has 0 aliphatic carbocycles. The van der Waals surface area contributed by atoms with Crippen molar-refractivity contribution in [1.29, 1.82) is 0 Å². The van der Waals surface area contributed by atoms with Crippen LogP contribution in [0.1, 0.15) is 213 Å². The maximum absolute atomic E-state index is 12.7. The Labute approximate surface area is 334 Å². The molecule has 0 radical (unpaired) electrons. The average molecular weight is 755 g/mol. The summed E-state index contributed by atoms with van der Waals surface area (Å²) >= 11 is 0. The Morgan fingerprint density at radius 2 is 0.852 bits per heavy atom. The van der Waals surface area contributed by atoms with Crippen LogP contribution in [-0.4, -0.2) is 37.9 Å². The minimum absolute atomic E-state index is 0.0612. The summed E-state index contributed by atoms with van der Waals surface area (Å²) in [5.41, 5.74) is 0. The Morgan fingerprint density at radius 1 is 0.426 bits per heavy atom. The van der Waals surface area contributed by atoms with E-state index in [4.69, 9.17) is 14.2 Å². The molecule has 0 saturated carbocycles. The standard InChI is InChI=1S/C49H86O5/c1-4-7-10-13-16-19-22-24-26-29-32-35-38-41-44-52-45-47(54-49(51)43-40-37-34-31-27-21-18-15-12-9-6-3)46-53-48(50)42-39-36-33-30-28-25-23-20-17-14-11-8-5-2/h7,10,15-16,18-19,24,26,32,35,47H,4-6,8-9,11-14,17,20-23,25,27-31,33-34,36-46H2,1-3H3/b10-7-,18-15-,19-16-,26-24-,35-32-. The highest BCUT2D eigenvalue weighted by atomic mass is 16.6. The van der Waals surface area contributed by atoms with Crippen LogP contribution in [-0.2, 0) is 23.8 Å². The van der Waals surface area contributed by atoms with E-state index in [2.05, 4.69) is 81.5 Å². The van der Waals surface area contributed by atoms with Gasteiger partial charge in [0.05, 0.1) is 6.61 Å². The molecule has 1 unspecified atom stereocenters. The number of esters is 2. The van der Waals surface area contributed by atoms with Gasteiger partial charge in [0.15, 0.2) is 6.10 Å². The fourth-order valence-electron chi connectivity index (χ4n) is 6.14. The van der Waals surface area contributed by atoms with Gasteiger partial charge in [-0.05, 0) is 70.6 Å². The lowest BCUT2D eigenvalue weighted by atomic mass is 10.0. The molecule has 0 saturated heterocycles. The fraction of sp³-hybridized carbons (Fsp3) is 0.755. The number of rotatable bonds is 41. The maximum atomic E-state index is 12.7. The molecular weight excluding hydrogens is 669 g/mol. The highest BCUT2D eigenvalue weighted by Gasteiger charge is 2.17. The van der Waals surface area contributed by atoms with Crippen LogP contribution in [0.4, 0.5) is 0 Å². The summed E-state index contributed by atoms with van der Waals surface area (Å²) in [5, 5.41) is 0. The van der Waals surface area contributed by atoms with Gasteiger partial charge in [-0.2, -0.15) is 0 Å². The van der Waals surface area contributed by atoms with Crippen molar-refractivity contribution in [2.45, 2.75) is 219 Å². The molecule has 0 aromatic carbocycles. The van der Waals surface area contributed by atoms with Crippen molar-refractivity contribution in [2.75, 3.05) is 19.8 Å². The first-order valence-corrected chi connectivity index (χ1v) is 22.8. The zero-order valence-corrected chi connectivity index (χ0v) is 35.7. The molecule has 5 heteroatoms. The monoisotopic (exact) mass is 755 g/mol. The maximum Gasteiger partial charge on any atom is 0.306 e. The van der Waals surface area contributed by atoms with Crippen molar-refractivity contribution in [3.8, 4) is 0 Å². The van der Waals surface area contributed by atoms with Gasteiger partial charge >= 0.3 is 11.9 Å². The zero-order chi connectivity index (χ0) is 39.3. The van der Waals surface area contributed by atoms with Crippen LogP contribution >= 0.6 is 0 Å². The van der Waals surface area contributed by atoms with Crippen molar-refractivity contribution in [3.05, 3.63) is 60.8 Å². The minimum Gasteiger partial charge on any atom is -0.462 e. The minimum atomic E-state index is -0.565. The van der Waals surface area contributed by atoms with E-state index in [1.807, 2.05) is 0 Å². The molecule has 0 aromatic heterocycles. The topological polar surface area (TPSA) is 61.8 Å². The molecule has 0 aromatic rings. The first-order valence-electron chi connectivity index (χ1n) is 22.8. The predicted octanol–water partition coefficient (Wildman–Crippen LogP) is 15.0. The van der Waals surface area contributed by atoms with Crippen molar-refractivity contribution < 1.29 is 23.8 Å². The molecule has 5 nitrogen and oxygen atoms in total. The summed E-state index contributed by atoms with van der Waals surface area (Å²) in [6, 6.07) is 0. The van der Waals surface area contributed by atoms with E-state index >= 15 is 0 Å². The second-order valence-corrected chi connectivity index (χ2v) is 14.9. The van der Waals surface area contributed by atoms with E-state index in [1.165, 1.54) is 103 Å². The molecule has 0 heterocycles. The Hall–Kier alpha value is -2.40. The van der Waals surface area contributed by atoms with E-state index in [9.17, 15) is 9.59 Å². The van der Waals surface area contributed by atoms with Crippen LogP contribution in [0.3, 0.4) is 0 Å². The predicted molar refractivity (Wildman–Crippen MR) is 233 cm³/mol. The van der Waals surface area contributed by atoms with Gasteiger partial charge in [-0.1, -0.05) is 191 Å². The van der Waals surface area contributed by atoms with Crippen molar-refractivity contribution in [2.24, 2.45) is 0 Å². The summed E-state index contributed by atoms with van der Waals surface area (Å²) in [7, 11) is 0. The molecule has 0 fully saturated rings. The number of hydrogen-bond donors (Lipinski definition) is 0. The lowest BCUT2D eigenvalue weighted by Crippen LogP contribution is -2.30. The van der Waals surface area contributed by atoms with Gasteiger partial charge in [0, 0.05) is 19.4 Å². The summed E-state index contributed by atoms with van der Waals surface area (Å²) in [6.07, 6.45) is 55.1. The number of allylic oxidation sites excluding steroid dienone is 10. The number of carbonyl (C=O) groups is 2. The second-order valence-electron chi connectivity index (χ2n) is 14.9. The summed E-state index contributed by atoms with van der Waals surface area (Å²) in [6.45, 7) is 7.53. The van der Waals surface area contributed by atoms with E-state index in [1.54, 1.807) is 0 Å². The van der Waals surface area contributed by atoms with Gasteiger partial charge < -0.3 is 14.2 Å². The van der Waals surface area contributed by atoms with Crippen LogP contribution in [0.25, 0.3) is 0 Å². The van der Waals surface area contributed by atoms with Crippen molar-refractivity contribution >= 4 is 11.9 Å². The van der Waals surface area contributed by atoms with Gasteiger partial charge in [-0.3, -0.25) is 9.59 Å². The van der Waals surface area contributed by atoms with Crippen LogP contribution in [0.15, 0.2) is 60.8 Å². The third kappa shape index (κ3) is 42.3. The van der Waals surface area contributed by atoms with Gasteiger partial charge in [-0.15, -0.1) is 0 Å². The molecule has 0 rings (SSSR count). The number of ether oxygens (including phenoxy) is 3. The van der Waals surface area contributed by atoms with Gasteiger partial charge in [-0.25, -0.2) is 0 Å². The third-order valence-electron chi connectivity index (χ3n) is 9.54.